The number of fused-ring (bicyclic) bond motifs is 1. The van der Waals surface area contributed by atoms with Crippen molar-refractivity contribution in [1.82, 2.24) is 4.37 Å². The number of aromatic nitrogens is 1. The Morgan fingerprint density at radius 1 is 0.925 bits per heavy atom. The van der Waals surface area contributed by atoms with Gasteiger partial charge in [-0.3, -0.25) is 4.79 Å². The van der Waals surface area contributed by atoms with Gasteiger partial charge in [0.15, 0.2) is 11.5 Å². The van der Waals surface area contributed by atoms with Gasteiger partial charge in [0.25, 0.3) is 0 Å². The normalized spacial score (nSPS) is 11.7. The summed E-state index contributed by atoms with van der Waals surface area (Å²) < 4.78 is 32.5. The number of nitrogens with one attached hydrogen (secondary N) is 1. The number of nitrogens with two attached hydrogens (primary N) is 1. The molecule has 40 heavy (non-hydrogen) atoms. The topological polar surface area (TPSA) is 118 Å². The van der Waals surface area contributed by atoms with Crippen LogP contribution < -0.4 is 30.0 Å². The highest BCUT2D eigenvalue weighted by Crippen LogP contribution is 2.44. The van der Waals surface area contributed by atoms with Crippen LogP contribution in [0.5, 0.6) is 23.0 Å². The van der Waals surface area contributed by atoms with Crippen LogP contribution in [0.3, 0.4) is 0 Å². The van der Waals surface area contributed by atoms with Gasteiger partial charge >= 0.3 is 0 Å². The highest BCUT2D eigenvalue weighted by Gasteiger charge is 2.21. The summed E-state index contributed by atoms with van der Waals surface area (Å²) in [6.45, 7) is 0. The minimum atomic E-state index is -0.827. The molecular weight excluding hydrogens is 530 g/mol. The van der Waals surface area contributed by atoms with Crippen LogP contribution in [-0.2, 0) is 11.2 Å². The SMILES string of the molecule is COc1ccc(-c2csnc2-c2cc(OC)c(OC)c(OC)c2)cc1NC(=O)[C@H](N)Cc1cc2ccccc2o1. The molecule has 0 aliphatic heterocycles. The van der Waals surface area contributed by atoms with E-state index in [0.717, 1.165) is 33.4 Å². The van der Waals surface area contributed by atoms with Crippen molar-refractivity contribution in [2.75, 3.05) is 33.8 Å². The summed E-state index contributed by atoms with van der Waals surface area (Å²) in [6.07, 6.45) is 0.252. The van der Waals surface area contributed by atoms with Gasteiger partial charge < -0.3 is 34.4 Å². The number of anilines is 1. The minimum Gasteiger partial charge on any atom is -0.495 e. The quantitative estimate of drug-likeness (QED) is 0.222. The second-order valence-electron chi connectivity index (χ2n) is 8.96. The Kier molecular flexibility index (Phi) is 7.90. The first-order valence-corrected chi connectivity index (χ1v) is 13.3. The van der Waals surface area contributed by atoms with Gasteiger partial charge in [0.05, 0.1) is 45.9 Å². The number of hydrogen-bond donors (Lipinski definition) is 2. The van der Waals surface area contributed by atoms with Crippen molar-refractivity contribution < 1.29 is 28.2 Å². The number of rotatable bonds is 10. The van der Waals surface area contributed by atoms with Crippen LogP contribution in [0.2, 0.25) is 0 Å². The Balaban J connectivity index is 1.42. The summed E-state index contributed by atoms with van der Waals surface area (Å²) in [7, 11) is 6.25. The standard InChI is InChI=1S/C30H29N3O6S/c1-35-25-10-9-17(21-16-40-33-28(21)19-13-26(36-2)29(38-4)27(14-19)37-3)12-23(25)32-30(34)22(31)15-20-11-18-7-5-6-8-24(18)39-20/h5-14,16,22H,15,31H2,1-4H3,(H,32,34)/t22-/m1/s1. The highest BCUT2D eigenvalue weighted by molar-refractivity contribution is 7.04. The van der Waals surface area contributed by atoms with E-state index in [2.05, 4.69) is 9.69 Å². The van der Waals surface area contributed by atoms with Crippen molar-refractivity contribution >= 4 is 34.1 Å². The van der Waals surface area contributed by atoms with E-state index in [1.807, 2.05) is 60.0 Å². The Hall–Kier alpha value is -4.54. The number of furan rings is 1. The summed E-state index contributed by atoms with van der Waals surface area (Å²) in [5, 5.41) is 5.83. The predicted octanol–water partition coefficient (Wildman–Crippen LogP) is 5.77. The van der Waals surface area contributed by atoms with Gasteiger partial charge in [-0.25, -0.2) is 0 Å². The maximum atomic E-state index is 13.1. The fraction of sp³-hybridized carbons (Fsp3) is 0.200. The molecule has 9 nitrogen and oxygen atoms in total. The van der Waals surface area contributed by atoms with E-state index < -0.39 is 6.04 Å². The third-order valence-electron chi connectivity index (χ3n) is 6.51. The first kappa shape index (κ1) is 27.0. The van der Waals surface area contributed by atoms with Crippen LogP contribution >= 0.6 is 11.5 Å². The fourth-order valence-corrected chi connectivity index (χ4v) is 5.23. The maximum absolute atomic E-state index is 13.1. The van der Waals surface area contributed by atoms with Crippen molar-refractivity contribution in [3.63, 3.8) is 0 Å². The van der Waals surface area contributed by atoms with E-state index in [1.54, 1.807) is 34.5 Å². The van der Waals surface area contributed by atoms with Crippen LogP contribution in [0.15, 0.2) is 70.5 Å². The summed E-state index contributed by atoms with van der Waals surface area (Å²) >= 11 is 1.32. The number of carbonyl (C=O) groups is 1. The Bertz CT molecular complexity index is 1600. The average molecular weight is 560 g/mol. The summed E-state index contributed by atoms with van der Waals surface area (Å²) in [6, 6.07) is 18.0. The third kappa shape index (κ3) is 5.31. The van der Waals surface area contributed by atoms with Crippen molar-refractivity contribution in [1.29, 1.82) is 0 Å². The molecular formula is C30H29N3O6S. The van der Waals surface area contributed by atoms with E-state index in [-0.39, 0.29) is 12.3 Å². The molecule has 0 bridgehead atoms. The molecule has 0 aliphatic rings. The molecule has 5 rings (SSSR count). The van der Waals surface area contributed by atoms with E-state index in [1.165, 1.54) is 11.5 Å². The second kappa shape index (κ2) is 11.7. The molecule has 10 heteroatoms. The molecule has 0 spiro atoms. The molecule has 0 aliphatic carbocycles. The van der Waals surface area contributed by atoms with Gasteiger partial charge in [-0.1, -0.05) is 24.3 Å². The molecule has 5 aromatic rings. The molecule has 3 N–H and O–H groups in total. The van der Waals surface area contributed by atoms with Crippen molar-refractivity contribution in [2.24, 2.45) is 5.73 Å². The van der Waals surface area contributed by atoms with Crippen LogP contribution in [-0.4, -0.2) is 44.8 Å². The Morgan fingerprint density at radius 3 is 2.33 bits per heavy atom. The number of ether oxygens (including phenoxy) is 4. The lowest BCUT2D eigenvalue weighted by Crippen LogP contribution is -2.37. The number of amides is 1. The monoisotopic (exact) mass is 559 g/mol. The lowest BCUT2D eigenvalue weighted by atomic mass is 10.0. The van der Waals surface area contributed by atoms with Crippen LogP contribution in [0.4, 0.5) is 5.69 Å². The second-order valence-corrected chi connectivity index (χ2v) is 9.59. The molecule has 206 valence electrons. The number of methoxy groups -OCH3 is 4. The van der Waals surface area contributed by atoms with Gasteiger partial charge in [-0.15, -0.1) is 0 Å². The molecule has 1 atom stereocenters. The molecule has 2 heterocycles. The summed E-state index contributed by atoms with van der Waals surface area (Å²) in [5.41, 5.74) is 10.7. The third-order valence-corrected chi connectivity index (χ3v) is 7.14. The fourth-order valence-electron chi connectivity index (χ4n) is 4.51. The molecule has 2 aromatic heterocycles. The number of benzene rings is 3. The molecule has 1 amide bonds. The summed E-state index contributed by atoms with van der Waals surface area (Å²) in [5.74, 6) is 2.34. The Morgan fingerprint density at radius 2 is 1.65 bits per heavy atom. The van der Waals surface area contributed by atoms with E-state index in [9.17, 15) is 4.79 Å². The number of hydrogen-bond acceptors (Lipinski definition) is 9. The largest absolute Gasteiger partial charge is 0.495 e. The molecule has 0 saturated heterocycles. The van der Waals surface area contributed by atoms with Crippen molar-refractivity contribution in [3.05, 3.63) is 71.8 Å². The van der Waals surface area contributed by atoms with Crippen molar-refractivity contribution in [2.45, 2.75) is 12.5 Å². The van der Waals surface area contributed by atoms with E-state index in [4.69, 9.17) is 29.1 Å². The first-order valence-electron chi connectivity index (χ1n) is 12.4. The number of para-hydroxylation sites is 1. The summed E-state index contributed by atoms with van der Waals surface area (Å²) in [4.78, 5) is 13.1. The number of carbonyl (C=O) groups excluding carboxylic acids is 1. The van der Waals surface area contributed by atoms with E-state index in [0.29, 0.717) is 34.4 Å². The van der Waals surface area contributed by atoms with Crippen LogP contribution in [0.1, 0.15) is 5.76 Å². The first-order chi connectivity index (χ1) is 19.4. The molecule has 0 saturated carbocycles. The lowest BCUT2D eigenvalue weighted by molar-refractivity contribution is -0.117. The lowest BCUT2D eigenvalue weighted by Gasteiger charge is -2.16. The maximum Gasteiger partial charge on any atom is 0.241 e. The van der Waals surface area contributed by atoms with Gasteiger partial charge in [-0.2, -0.15) is 4.37 Å². The van der Waals surface area contributed by atoms with E-state index >= 15 is 0 Å². The zero-order chi connectivity index (χ0) is 28.2. The zero-order valence-electron chi connectivity index (χ0n) is 22.5. The minimum absolute atomic E-state index is 0.252. The smallest absolute Gasteiger partial charge is 0.241 e. The number of nitrogens with zero attached hydrogens (tertiary/aromatic N) is 1. The van der Waals surface area contributed by atoms with Gasteiger partial charge in [-0.05, 0) is 53.5 Å². The van der Waals surface area contributed by atoms with Gasteiger partial charge in [0, 0.05) is 28.3 Å². The average Bonchev–Trinajstić information content (AvgIpc) is 3.63. The molecule has 0 fully saturated rings. The van der Waals surface area contributed by atoms with Crippen LogP contribution in [0, 0.1) is 0 Å². The Labute approximate surface area is 235 Å². The predicted molar refractivity (Wildman–Crippen MR) is 156 cm³/mol. The highest BCUT2D eigenvalue weighted by atomic mass is 32.1. The van der Waals surface area contributed by atoms with Gasteiger partial charge in [0.2, 0.25) is 11.7 Å². The van der Waals surface area contributed by atoms with Crippen molar-refractivity contribution in [3.8, 4) is 45.4 Å². The van der Waals surface area contributed by atoms with Crippen LogP contribution in [0.25, 0.3) is 33.4 Å². The molecule has 0 radical (unpaired) electrons. The molecule has 0 unspecified atom stereocenters. The van der Waals surface area contributed by atoms with Gasteiger partial charge in [0.1, 0.15) is 17.1 Å². The molecule has 3 aromatic carbocycles. The zero-order valence-corrected chi connectivity index (χ0v) is 23.3.